The molecule has 4 aromatic rings. The Kier molecular flexibility index (Phi) is 6.25. The van der Waals surface area contributed by atoms with Crippen LogP contribution in [0.3, 0.4) is 0 Å². The normalized spacial score (nSPS) is 12.7. The molecular weight excluding hydrogens is 464 g/mol. The van der Waals surface area contributed by atoms with Gasteiger partial charge in [0.05, 0.1) is 16.9 Å². The van der Waals surface area contributed by atoms with E-state index in [4.69, 9.17) is 16.3 Å². The number of nitrogens with one attached hydrogen (secondary N) is 2. The lowest BCUT2D eigenvalue weighted by atomic mass is 10.2. The molecule has 35 heavy (non-hydrogen) atoms. The van der Waals surface area contributed by atoms with Gasteiger partial charge in [0.2, 0.25) is 0 Å². The van der Waals surface area contributed by atoms with E-state index in [2.05, 4.69) is 15.7 Å². The van der Waals surface area contributed by atoms with Gasteiger partial charge in [-0.1, -0.05) is 35.9 Å². The zero-order valence-electron chi connectivity index (χ0n) is 19.0. The third kappa shape index (κ3) is 5.20. The van der Waals surface area contributed by atoms with Crippen molar-refractivity contribution in [1.29, 1.82) is 0 Å². The summed E-state index contributed by atoms with van der Waals surface area (Å²) < 4.78 is 7.27. The van der Waals surface area contributed by atoms with Crippen LogP contribution in [0.4, 0.5) is 11.4 Å². The minimum atomic E-state index is -0.432. The summed E-state index contributed by atoms with van der Waals surface area (Å²) in [5, 5.41) is 10.8. The third-order valence-corrected chi connectivity index (χ3v) is 5.89. The maximum Gasteiger partial charge on any atom is 0.299 e. The van der Waals surface area contributed by atoms with Crippen molar-refractivity contribution >= 4 is 28.9 Å². The molecule has 1 aliphatic carbocycles. The minimum Gasteiger partial charge on any atom is -0.453 e. The Hall–Kier alpha value is -4.10. The fourth-order valence-corrected chi connectivity index (χ4v) is 3.79. The van der Waals surface area contributed by atoms with Crippen LogP contribution >= 0.6 is 11.6 Å². The van der Waals surface area contributed by atoms with Crippen molar-refractivity contribution in [3.63, 3.8) is 0 Å². The number of carbonyl (C=O) groups is 1. The van der Waals surface area contributed by atoms with Gasteiger partial charge < -0.3 is 15.4 Å². The van der Waals surface area contributed by atoms with Crippen LogP contribution in [0.2, 0.25) is 5.02 Å². The number of nitrogens with zero attached hydrogens (tertiary/aromatic N) is 2. The van der Waals surface area contributed by atoms with Crippen LogP contribution in [0.25, 0.3) is 5.69 Å². The van der Waals surface area contributed by atoms with Gasteiger partial charge in [-0.2, -0.15) is 9.78 Å². The standard InChI is InChI=1S/C27H23ClN4O3/c1-17-5-4-6-21(15-17)35-24-16-29-32(23-8-3-2-7-22(23)28)27(34)25(24)30-19-11-9-18(10-12-19)26(33)31-20-13-14-20/h2-12,15-16,20,30H,13-14H2,1H3,(H,31,33). The molecule has 0 spiro atoms. The van der Waals surface area contributed by atoms with E-state index in [9.17, 15) is 9.59 Å². The fourth-order valence-electron chi connectivity index (χ4n) is 3.58. The molecule has 2 N–H and O–H groups in total. The van der Waals surface area contributed by atoms with Gasteiger partial charge in [-0.05, 0) is 73.9 Å². The maximum absolute atomic E-state index is 13.5. The monoisotopic (exact) mass is 486 g/mol. The van der Waals surface area contributed by atoms with E-state index in [1.807, 2.05) is 31.2 Å². The average Bonchev–Trinajstić information content (AvgIpc) is 3.67. The second-order valence-electron chi connectivity index (χ2n) is 8.42. The molecule has 0 aliphatic heterocycles. The molecule has 0 radical (unpaired) electrons. The highest BCUT2D eigenvalue weighted by Crippen LogP contribution is 2.30. The molecule has 3 aromatic carbocycles. The largest absolute Gasteiger partial charge is 0.453 e. The SMILES string of the molecule is Cc1cccc(Oc2cnn(-c3ccccc3Cl)c(=O)c2Nc2ccc(C(=O)NC3CC3)cc2)c1. The predicted molar refractivity (Wildman–Crippen MR) is 136 cm³/mol. The summed E-state index contributed by atoms with van der Waals surface area (Å²) in [5.41, 5.74) is 2.42. The van der Waals surface area contributed by atoms with E-state index in [0.29, 0.717) is 27.7 Å². The minimum absolute atomic E-state index is 0.104. The van der Waals surface area contributed by atoms with Crippen LogP contribution in [-0.2, 0) is 0 Å². The van der Waals surface area contributed by atoms with Gasteiger partial charge in [0.25, 0.3) is 11.5 Å². The van der Waals surface area contributed by atoms with Crippen LogP contribution in [0.15, 0.2) is 83.8 Å². The second kappa shape index (κ2) is 9.64. The molecule has 5 rings (SSSR count). The summed E-state index contributed by atoms with van der Waals surface area (Å²) >= 11 is 6.33. The van der Waals surface area contributed by atoms with Gasteiger partial charge in [-0.15, -0.1) is 0 Å². The van der Waals surface area contributed by atoms with Crippen LogP contribution in [-0.4, -0.2) is 21.7 Å². The summed E-state index contributed by atoms with van der Waals surface area (Å²) in [4.78, 5) is 25.9. The van der Waals surface area contributed by atoms with Gasteiger partial charge in [-0.25, -0.2) is 0 Å². The first-order valence-electron chi connectivity index (χ1n) is 11.3. The first-order valence-corrected chi connectivity index (χ1v) is 11.7. The Labute approximate surface area is 207 Å². The van der Waals surface area contributed by atoms with E-state index in [-0.39, 0.29) is 23.4 Å². The highest BCUT2D eigenvalue weighted by atomic mass is 35.5. The first-order chi connectivity index (χ1) is 17.0. The molecule has 1 heterocycles. The van der Waals surface area contributed by atoms with Crippen molar-refractivity contribution in [2.75, 3.05) is 5.32 Å². The third-order valence-electron chi connectivity index (χ3n) is 5.57. The lowest BCUT2D eigenvalue weighted by Gasteiger charge is -2.15. The number of rotatable bonds is 7. The number of aryl methyl sites for hydroxylation is 1. The first kappa shape index (κ1) is 22.7. The molecule has 0 saturated heterocycles. The zero-order valence-corrected chi connectivity index (χ0v) is 19.8. The lowest BCUT2D eigenvalue weighted by molar-refractivity contribution is 0.0951. The van der Waals surface area contributed by atoms with Crippen LogP contribution in [0.1, 0.15) is 28.8 Å². The van der Waals surface area contributed by atoms with Crippen molar-refractivity contribution < 1.29 is 9.53 Å². The number of hydrogen-bond donors (Lipinski definition) is 2. The summed E-state index contributed by atoms with van der Waals surface area (Å²) in [6.07, 6.45) is 3.52. The number of hydrogen-bond acceptors (Lipinski definition) is 5. The van der Waals surface area contributed by atoms with Gasteiger partial charge in [-0.3, -0.25) is 9.59 Å². The number of anilines is 2. The lowest BCUT2D eigenvalue weighted by Crippen LogP contribution is -2.25. The molecule has 0 unspecified atom stereocenters. The van der Waals surface area contributed by atoms with Crippen LogP contribution in [0, 0.1) is 6.92 Å². The molecule has 1 saturated carbocycles. The molecule has 1 aliphatic rings. The Bertz CT molecular complexity index is 1450. The van der Waals surface area contributed by atoms with Crippen molar-refractivity contribution in [2.45, 2.75) is 25.8 Å². The van der Waals surface area contributed by atoms with Crippen LogP contribution < -0.4 is 20.9 Å². The predicted octanol–water partition coefficient (Wildman–Crippen LogP) is 5.62. The molecule has 7 nitrogen and oxygen atoms in total. The molecular formula is C27H23ClN4O3. The Morgan fingerprint density at radius 2 is 1.83 bits per heavy atom. The highest BCUT2D eigenvalue weighted by Gasteiger charge is 2.23. The van der Waals surface area contributed by atoms with Crippen molar-refractivity contribution in [2.24, 2.45) is 0 Å². The van der Waals surface area contributed by atoms with Crippen molar-refractivity contribution in [3.05, 3.63) is 105 Å². The molecule has 0 bridgehead atoms. The zero-order chi connectivity index (χ0) is 24.4. The van der Waals surface area contributed by atoms with Gasteiger partial charge >= 0.3 is 0 Å². The number of ether oxygens (including phenoxy) is 1. The van der Waals surface area contributed by atoms with Crippen molar-refractivity contribution in [3.8, 4) is 17.2 Å². The van der Waals surface area contributed by atoms with E-state index in [1.54, 1.807) is 48.5 Å². The average molecular weight is 487 g/mol. The summed E-state index contributed by atoms with van der Waals surface area (Å²) in [6, 6.07) is 21.7. The molecule has 0 atom stereocenters. The van der Waals surface area contributed by atoms with Gasteiger partial charge in [0.15, 0.2) is 11.4 Å². The second-order valence-corrected chi connectivity index (χ2v) is 8.83. The van der Waals surface area contributed by atoms with Gasteiger partial charge in [0.1, 0.15) is 5.75 Å². The number of aromatic nitrogens is 2. The molecule has 1 fully saturated rings. The smallest absolute Gasteiger partial charge is 0.299 e. The Balaban J connectivity index is 1.51. The van der Waals surface area contributed by atoms with E-state index < -0.39 is 5.56 Å². The fraction of sp³-hybridized carbons (Fsp3) is 0.148. The van der Waals surface area contributed by atoms with E-state index >= 15 is 0 Å². The maximum atomic E-state index is 13.5. The van der Waals surface area contributed by atoms with Crippen molar-refractivity contribution in [1.82, 2.24) is 15.1 Å². The Morgan fingerprint density at radius 1 is 1.06 bits per heavy atom. The quantitative estimate of drug-likeness (QED) is 0.354. The van der Waals surface area contributed by atoms with Gasteiger partial charge in [0, 0.05) is 17.3 Å². The number of benzene rings is 3. The van der Waals surface area contributed by atoms with E-state index in [1.165, 1.54) is 10.9 Å². The Morgan fingerprint density at radius 3 is 2.54 bits per heavy atom. The summed E-state index contributed by atoms with van der Waals surface area (Å²) in [5.74, 6) is 0.740. The number of carbonyl (C=O) groups excluding carboxylic acids is 1. The topological polar surface area (TPSA) is 85.2 Å². The van der Waals surface area contributed by atoms with E-state index in [0.717, 1.165) is 18.4 Å². The molecule has 1 aromatic heterocycles. The number of amides is 1. The van der Waals surface area contributed by atoms with Crippen LogP contribution in [0.5, 0.6) is 11.5 Å². The highest BCUT2D eigenvalue weighted by molar-refractivity contribution is 6.32. The molecule has 8 heteroatoms. The molecule has 176 valence electrons. The number of halogens is 1. The molecule has 1 amide bonds. The number of para-hydroxylation sites is 1. The summed E-state index contributed by atoms with van der Waals surface area (Å²) in [6.45, 7) is 1.96. The summed E-state index contributed by atoms with van der Waals surface area (Å²) in [7, 11) is 0.